The zero-order valence-corrected chi connectivity index (χ0v) is 17.7. The summed E-state index contributed by atoms with van der Waals surface area (Å²) >= 11 is 6.19. The molecule has 4 rings (SSSR count). The van der Waals surface area contributed by atoms with E-state index >= 15 is 0 Å². The van der Waals surface area contributed by atoms with Gasteiger partial charge in [0.15, 0.2) is 0 Å². The second kappa shape index (κ2) is 9.66. The van der Waals surface area contributed by atoms with Crippen LogP contribution in [0.3, 0.4) is 0 Å². The number of aromatic nitrogens is 2. The minimum atomic E-state index is 0. The Kier molecular flexibility index (Phi) is 6.99. The van der Waals surface area contributed by atoms with Crippen LogP contribution in [0.2, 0.25) is 5.02 Å². The summed E-state index contributed by atoms with van der Waals surface area (Å²) in [4.78, 5) is 24.4. The molecule has 2 heterocycles. The monoisotopic (exact) mass is 441 g/mol. The zero-order chi connectivity index (χ0) is 20.2. The highest BCUT2D eigenvalue weighted by molar-refractivity contribution is 6.30. The van der Waals surface area contributed by atoms with Crippen LogP contribution >= 0.6 is 24.0 Å². The largest absolute Gasteiger partial charge is 0.357 e. The van der Waals surface area contributed by atoms with Gasteiger partial charge in [-0.2, -0.15) is 5.26 Å². The number of H-pyrrole nitrogens is 1. The highest BCUT2D eigenvalue weighted by Crippen LogP contribution is 2.26. The summed E-state index contributed by atoms with van der Waals surface area (Å²) in [5.41, 5.74) is 2.55. The maximum Gasteiger partial charge on any atom is 0.242 e. The van der Waals surface area contributed by atoms with Crippen LogP contribution in [0.25, 0.3) is 0 Å². The average molecular weight is 442 g/mol. The molecule has 8 heteroatoms. The third kappa shape index (κ3) is 4.93. The number of nitriles is 1. The van der Waals surface area contributed by atoms with Crippen molar-refractivity contribution in [3.05, 3.63) is 82.9 Å². The highest BCUT2D eigenvalue weighted by atomic mass is 35.5. The molecule has 1 saturated heterocycles. The fraction of sp³-hybridized carbons (Fsp3) is 0.227. The zero-order valence-electron chi connectivity index (χ0n) is 16.2. The van der Waals surface area contributed by atoms with Crippen LogP contribution in [0.4, 0.5) is 5.69 Å². The molecule has 2 aromatic carbocycles. The Morgan fingerprint density at radius 1 is 1.23 bits per heavy atom. The van der Waals surface area contributed by atoms with Crippen molar-refractivity contribution in [1.29, 1.82) is 5.26 Å². The first-order chi connectivity index (χ1) is 14.1. The molecule has 1 N–H and O–H groups in total. The molecule has 0 aliphatic carbocycles. The molecular formula is C22H21Cl2N5O. The quantitative estimate of drug-likeness (QED) is 0.652. The number of carbonyl (C=O) groups is 1. The van der Waals surface area contributed by atoms with Gasteiger partial charge in [-0.25, -0.2) is 4.98 Å². The number of carbonyl (C=O) groups excluding carboxylic acids is 1. The molecule has 0 saturated carbocycles. The third-order valence-corrected chi connectivity index (χ3v) is 5.35. The first-order valence-corrected chi connectivity index (χ1v) is 9.77. The molecule has 1 aliphatic rings. The number of imidazole rings is 1. The van der Waals surface area contributed by atoms with Crippen molar-refractivity contribution in [2.24, 2.45) is 0 Å². The van der Waals surface area contributed by atoms with E-state index in [9.17, 15) is 4.79 Å². The molecule has 0 spiro atoms. The molecule has 1 amide bonds. The van der Waals surface area contributed by atoms with Gasteiger partial charge >= 0.3 is 0 Å². The van der Waals surface area contributed by atoms with Gasteiger partial charge in [-0.15, -0.1) is 12.4 Å². The number of nitrogens with one attached hydrogen (secondary N) is 1. The van der Waals surface area contributed by atoms with Gasteiger partial charge in [0, 0.05) is 42.6 Å². The van der Waals surface area contributed by atoms with Crippen molar-refractivity contribution in [2.75, 3.05) is 18.0 Å². The van der Waals surface area contributed by atoms with E-state index in [4.69, 9.17) is 16.9 Å². The second-order valence-electron chi connectivity index (χ2n) is 7.08. The van der Waals surface area contributed by atoms with E-state index in [1.807, 2.05) is 47.5 Å². The number of halogens is 2. The number of hydrogen-bond donors (Lipinski definition) is 1. The van der Waals surface area contributed by atoms with E-state index in [0.29, 0.717) is 30.1 Å². The number of rotatable bonds is 5. The van der Waals surface area contributed by atoms with Gasteiger partial charge in [-0.3, -0.25) is 4.79 Å². The smallest absolute Gasteiger partial charge is 0.242 e. The summed E-state index contributed by atoms with van der Waals surface area (Å²) in [6.07, 6.45) is 4.24. The minimum Gasteiger partial charge on any atom is -0.357 e. The van der Waals surface area contributed by atoms with Crippen LogP contribution in [0.1, 0.15) is 17.0 Å². The van der Waals surface area contributed by atoms with Crippen molar-refractivity contribution in [1.82, 2.24) is 14.9 Å². The number of aromatic amines is 1. The fourth-order valence-electron chi connectivity index (χ4n) is 3.65. The van der Waals surface area contributed by atoms with E-state index in [0.717, 1.165) is 17.1 Å². The molecule has 1 unspecified atom stereocenters. The Morgan fingerprint density at radius 2 is 2.03 bits per heavy atom. The Balaban J connectivity index is 0.00000256. The van der Waals surface area contributed by atoms with E-state index in [-0.39, 0.29) is 30.9 Å². The minimum absolute atomic E-state index is 0. The summed E-state index contributed by atoms with van der Waals surface area (Å²) in [5, 5.41) is 9.61. The topological polar surface area (TPSA) is 76.0 Å². The summed E-state index contributed by atoms with van der Waals surface area (Å²) in [6.45, 7) is 1.37. The second-order valence-corrected chi connectivity index (χ2v) is 7.52. The van der Waals surface area contributed by atoms with Gasteiger partial charge in [0.05, 0.1) is 24.2 Å². The number of anilines is 1. The predicted octanol–water partition coefficient (Wildman–Crippen LogP) is 3.82. The summed E-state index contributed by atoms with van der Waals surface area (Å²) in [5.74, 6) is 0.944. The number of amides is 1. The van der Waals surface area contributed by atoms with Crippen molar-refractivity contribution in [3.63, 3.8) is 0 Å². The van der Waals surface area contributed by atoms with E-state index in [1.54, 1.807) is 18.3 Å². The standard InChI is InChI=1S/C22H20ClN5O.ClH/c23-18-2-1-3-19(10-18)28-15-22(29)27(13-17-6-4-16(12-24)5-7-17)14-20(28)11-21-25-8-9-26-21;/h1-10,20H,11,13-15H2,(H,25,26);1H. The molecule has 30 heavy (non-hydrogen) atoms. The van der Waals surface area contributed by atoms with Crippen LogP contribution < -0.4 is 4.90 Å². The molecule has 0 bridgehead atoms. The molecule has 154 valence electrons. The summed E-state index contributed by atoms with van der Waals surface area (Å²) < 4.78 is 0. The number of piperazine rings is 1. The van der Waals surface area contributed by atoms with Gasteiger partial charge in [-0.05, 0) is 35.9 Å². The van der Waals surface area contributed by atoms with Crippen LogP contribution in [0.15, 0.2) is 60.9 Å². The number of benzene rings is 2. The van der Waals surface area contributed by atoms with Crippen LogP contribution in [-0.2, 0) is 17.8 Å². The van der Waals surface area contributed by atoms with Gasteiger partial charge in [-0.1, -0.05) is 29.8 Å². The van der Waals surface area contributed by atoms with Crippen LogP contribution in [0, 0.1) is 11.3 Å². The van der Waals surface area contributed by atoms with Crippen molar-refractivity contribution >= 4 is 35.6 Å². The maximum atomic E-state index is 12.9. The van der Waals surface area contributed by atoms with Gasteiger partial charge in [0.2, 0.25) is 5.91 Å². The summed E-state index contributed by atoms with van der Waals surface area (Å²) in [6, 6.07) is 17.1. The lowest BCUT2D eigenvalue weighted by atomic mass is 10.0. The molecule has 0 radical (unpaired) electrons. The average Bonchev–Trinajstić information content (AvgIpc) is 3.24. The van der Waals surface area contributed by atoms with E-state index in [2.05, 4.69) is 20.9 Å². The first kappa shape index (κ1) is 21.7. The normalized spacial score (nSPS) is 16.1. The molecule has 3 aromatic rings. The van der Waals surface area contributed by atoms with Gasteiger partial charge in [0.1, 0.15) is 5.82 Å². The molecular weight excluding hydrogens is 421 g/mol. The molecule has 1 fully saturated rings. The van der Waals surface area contributed by atoms with E-state index < -0.39 is 0 Å². The Labute approximate surface area is 186 Å². The van der Waals surface area contributed by atoms with E-state index in [1.165, 1.54) is 0 Å². The van der Waals surface area contributed by atoms with Crippen molar-refractivity contribution < 1.29 is 4.79 Å². The predicted molar refractivity (Wildman–Crippen MR) is 119 cm³/mol. The molecule has 1 aromatic heterocycles. The lowest BCUT2D eigenvalue weighted by Gasteiger charge is -2.42. The third-order valence-electron chi connectivity index (χ3n) is 5.11. The fourth-order valence-corrected chi connectivity index (χ4v) is 3.84. The maximum absolute atomic E-state index is 12.9. The highest BCUT2D eigenvalue weighted by Gasteiger charge is 2.33. The first-order valence-electron chi connectivity index (χ1n) is 9.39. The lowest BCUT2D eigenvalue weighted by molar-refractivity contribution is -0.132. The van der Waals surface area contributed by atoms with Crippen molar-refractivity contribution in [3.8, 4) is 6.07 Å². The van der Waals surface area contributed by atoms with Gasteiger partial charge in [0.25, 0.3) is 0 Å². The van der Waals surface area contributed by atoms with Crippen LogP contribution in [-0.4, -0.2) is 39.9 Å². The molecule has 1 atom stereocenters. The number of nitrogens with zero attached hydrogens (tertiary/aromatic N) is 4. The Bertz CT molecular complexity index is 1030. The van der Waals surface area contributed by atoms with Crippen LogP contribution in [0.5, 0.6) is 0 Å². The van der Waals surface area contributed by atoms with Gasteiger partial charge < -0.3 is 14.8 Å². The Hall–Kier alpha value is -3.01. The molecule has 6 nitrogen and oxygen atoms in total. The summed E-state index contributed by atoms with van der Waals surface area (Å²) in [7, 11) is 0. The lowest BCUT2D eigenvalue weighted by Crippen LogP contribution is -2.56. The van der Waals surface area contributed by atoms with Crippen molar-refractivity contribution in [2.45, 2.75) is 19.0 Å². The Morgan fingerprint density at radius 3 is 2.70 bits per heavy atom. The SMILES string of the molecule is Cl.N#Cc1ccc(CN2CC(Cc3ncc[nH]3)N(c3cccc(Cl)c3)CC2=O)cc1. The number of hydrogen-bond acceptors (Lipinski definition) is 4. The molecule has 1 aliphatic heterocycles.